The molecule has 2 rings (SSSR count). The van der Waals surface area contributed by atoms with Gasteiger partial charge in [0.2, 0.25) is 15.9 Å². The van der Waals surface area contributed by atoms with Gasteiger partial charge in [0.1, 0.15) is 0 Å². The lowest BCUT2D eigenvalue weighted by atomic mass is 9.95. The van der Waals surface area contributed by atoms with Gasteiger partial charge in [-0.2, -0.15) is 0 Å². The maximum Gasteiger partial charge on any atom is 0.241 e. The topological polar surface area (TPSA) is 78.5 Å². The Kier molecular flexibility index (Phi) is 6.47. The molecule has 1 aliphatic heterocycles. The van der Waals surface area contributed by atoms with Crippen LogP contribution in [-0.2, 0) is 14.8 Å². The first-order valence-electron chi connectivity index (χ1n) is 9.14. The van der Waals surface area contributed by atoms with Gasteiger partial charge in [-0.05, 0) is 69.4 Å². The van der Waals surface area contributed by atoms with E-state index in [0.717, 1.165) is 40.9 Å². The van der Waals surface area contributed by atoms with Crippen LogP contribution in [0, 0.1) is 34.6 Å². The molecule has 0 aliphatic carbocycles. The highest BCUT2D eigenvalue weighted by atomic mass is 32.2. The summed E-state index contributed by atoms with van der Waals surface area (Å²) in [5.74, 6) is -0.00795. The molecule has 0 bridgehead atoms. The SMILES string of the molecule is Cc1c(C)c(C)c(S(=O)(=O)NCCC(=O)N2CCNC[C@H]2C)c(C)c1C. The third-order valence-electron chi connectivity index (χ3n) is 5.65. The van der Waals surface area contributed by atoms with Gasteiger partial charge in [-0.25, -0.2) is 13.1 Å². The van der Waals surface area contributed by atoms with Crippen molar-refractivity contribution in [3.63, 3.8) is 0 Å². The largest absolute Gasteiger partial charge is 0.337 e. The zero-order chi connectivity index (χ0) is 19.6. The minimum atomic E-state index is -3.66. The summed E-state index contributed by atoms with van der Waals surface area (Å²) in [4.78, 5) is 14.6. The molecule has 1 aliphatic rings. The Labute approximate surface area is 157 Å². The first kappa shape index (κ1) is 20.9. The lowest BCUT2D eigenvalue weighted by molar-refractivity contribution is -0.133. The van der Waals surface area contributed by atoms with E-state index in [9.17, 15) is 13.2 Å². The highest BCUT2D eigenvalue weighted by Gasteiger charge is 2.25. The maximum absolute atomic E-state index is 12.9. The van der Waals surface area contributed by atoms with Crippen LogP contribution in [-0.4, -0.2) is 51.4 Å². The number of sulfonamides is 1. The van der Waals surface area contributed by atoms with Crippen molar-refractivity contribution in [1.82, 2.24) is 14.9 Å². The van der Waals surface area contributed by atoms with E-state index in [-0.39, 0.29) is 24.9 Å². The number of piperazine rings is 1. The van der Waals surface area contributed by atoms with Crippen LogP contribution in [0.25, 0.3) is 0 Å². The van der Waals surface area contributed by atoms with Crippen molar-refractivity contribution in [2.45, 2.75) is 58.9 Å². The molecule has 1 aromatic carbocycles. The van der Waals surface area contributed by atoms with Gasteiger partial charge in [-0.3, -0.25) is 4.79 Å². The van der Waals surface area contributed by atoms with E-state index < -0.39 is 10.0 Å². The van der Waals surface area contributed by atoms with Crippen LogP contribution in [0.3, 0.4) is 0 Å². The fourth-order valence-corrected chi connectivity index (χ4v) is 5.22. The normalized spacial score (nSPS) is 18.2. The molecular formula is C19H31N3O3S. The number of rotatable bonds is 5. The van der Waals surface area contributed by atoms with Crippen LogP contribution in [0.15, 0.2) is 4.90 Å². The highest BCUT2D eigenvalue weighted by Crippen LogP contribution is 2.29. The third kappa shape index (κ3) is 4.10. The van der Waals surface area contributed by atoms with Gasteiger partial charge >= 0.3 is 0 Å². The Hall–Kier alpha value is -1.44. The van der Waals surface area contributed by atoms with Gasteiger partial charge in [-0.1, -0.05) is 0 Å². The number of hydrogen-bond acceptors (Lipinski definition) is 4. The summed E-state index contributed by atoms with van der Waals surface area (Å²) in [6.45, 7) is 13.9. The molecule has 1 heterocycles. The Balaban J connectivity index is 2.12. The summed E-state index contributed by atoms with van der Waals surface area (Å²) in [5.41, 5.74) is 4.68. The quantitative estimate of drug-likeness (QED) is 0.814. The molecule has 0 radical (unpaired) electrons. The van der Waals surface area contributed by atoms with Crippen molar-refractivity contribution in [2.24, 2.45) is 0 Å². The predicted octanol–water partition coefficient (Wildman–Crippen LogP) is 1.72. The zero-order valence-electron chi connectivity index (χ0n) is 16.7. The molecule has 1 amide bonds. The standard InChI is InChI=1S/C19H31N3O3S/c1-12-11-20-9-10-22(12)18(23)7-8-21-26(24,25)19-16(5)14(3)13(2)15(4)17(19)6/h12,20-21H,7-11H2,1-6H3/t12-/m1/s1. The van der Waals surface area contributed by atoms with Crippen molar-refractivity contribution < 1.29 is 13.2 Å². The van der Waals surface area contributed by atoms with Gasteiger partial charge in [0.25, 0.3) is 0 Å². The van der Waals surface area contributed by atoms with E-state index in [1.165, 1.54) is 0 Å². The maximum atomic E-state index is 12.9. The molecule has 1 atom stereocenters. The second kappa shape index (κ2) is 8.06. The molecule has 1 aromatic rings. The van der Waals surface area contributed by atoms with Gasteiger partial charge in [0.05, 0.1) is 4.90 Å². The van der Waals surface area contributed by atoms with Gasteiger partial charge < -0.3 is 10.2 Å². The predicted molar refractivity (Wildman–Crippen MR) is 104 cm³/mol. The van der Waals surface area contributed by atoms with Crippen molar-refractivity contribution in [2.75, 3.05) is 26.2 Å². The lowest BCUT2D eigenvalue weighted by Gasteiger charge is -2.34. The monoisotopic (exact) mass is 381 g/mol. The molecule has 0 unspecified atom stereocenters. The minimum Gasteiger partial charge on any atom is -0.337 e. The minimum absolute atomic E-state index is 0.00795. The molecule has 0 aromatic heterocycles. The Bertz CT molecular complexity index is 774. The average Bonchev–Trinajstić information content (AvgIpc) is 2.58. The van der Waals surface area contributed by atoms with Gasteiger partial charge in [-0.15, -0.1) is 0 Å². The molecule has 0 saturated carbocycles. The van der Waals surface area contributed by atoms with E-state index in [4.69, 9.17) is 0 Å². The van der Waals surface area contributed by atoms with Crippen LogP contribution < -0.4 is 10.0 Å². The molecule has 1 fully saturated rings. The fourth-order valence-electron chi connectivity index (χ4n) is 3.59. The Morgan fingerprint density at radius 2 is 1.62 bits per heavy atom. The summed E-state index contributed by atoms with van der Waals surface area (Å²) in [6.07, 6.45) is 0.172. The number of carbonyl (C=O) groups is 1. The van der Waals surface area contributed by atoms with Crippen molar-refractivity contribution >= 4 is 15.9 Å². The van der Waals surface area contributed by atoms with Crippen molar-refractivity contribution in [3.8, 4) is 0 Å². The highest BCUT2D eigenvalue weighted by molar-refractivity contribution is 7.89. The number of nitrogens with one attached hydrogen (secondary N) is 2. The van der Waals surface area contributed by atoms with E-state index in [1.54, 1.807) is 0 Å². The Morgan fingerprint density at radius 3 is 2.15 bits per heavy atom. The van der Waals surface area contributed by atoms with Gasteiger partial charge in [0, 0.05) is 38.6 Å². The molecule has 6 nitrogen and oxygen atoms in total. The van der Waals surface area contributed by atoms with Crippen LogP contribution in [0.5, 0.6) is 0 Å². The van der Waals surface area contributed by atoms with Crippen molar-refractivity contribution in [1.29, 1.82) is 0 Å². The van der Waals surface area contributed by atoms with Crippen LogP contribution in [0.4, 0.5) is 0 Å². The third-order valence-corrected chi connectivity index (χ3v) is 7.39. The van der Waals surface area contributed by atoms with E-state index in [0.29, 0.717) is 11.4 Å². The number of carbonyl (C=O) groups excluding carboxylic acids is 1. The smallest absolute Gasteiger partial charge is 0.241 e. The van der Waals surface area contributed by atoms with Crippen molar-refractivity contribution in [3.05, 3.63) is 27.8 Å². The summed E-state index contributed by atoms with van der Waals surface area (Å²) in [7, 11) is -3.66. The molecule has 7 heteroatoms. The lowest BCUT2D eigenvalue weighted by Crippen LogP contribution is -2.52. The first-order valence-corrected chi connectivity index (χ1v) is 10.6. The fraction of sp³-hybridized carbons (Fsp3) is 0.632. The average molecular weight is 382 g/mol. The second-order valence-corrected chi connectivity index (χ2v) is 8.95. The summed E-state index contributed by atoms with van der Waals surface area (Å²) >= 11 is 0. The van der Waals surface area contributed by atoms with Crippen LogP contribution >= 0.6 is 0 Å². The van der Waals surface area contributed by atoms with Crippen LogP contribution in [0.2, 0.25) is 0 Å². The number of nitrogens with zero attached hydrogens (tertiary/aromatic N) is 1. The van der Waals surface area contributed by atoms with E-state index in [1.807, 2.05) is 46.4 Å². The number of hydrogen-bond donors (Lipinski definition) is 2. The molecule has 2 N–H and O–H groups in total. The Morgan fingerprint density at radius 1 is 1.08 bits per heavy atom. The molecule has 26 heavy (non-hydrogen) atoms. The summed E-state index contributed by atoms with van der Waals surface area (Å²) in [6, 6.07) is 0.139. The second-order valence-electron chi connectivity index (χ2n) is 7.24. The molecular weight excluding hydrogens is 350 g/mol. The molecule has 146 valence electrons. The number of benzene rings is 1. The summed E-state index contributed by atoms with van der Waals surface area (Å²) in [5, 5.41) is 3.24. The summed E-state index contributed by atoms with van der Waals surface area (Å²) < 4.78 is 28.4. The molecule has 0 spiro atoms. The van der Waals surface area contributed by atoms with E-state index >= 15 is 0 Å². The number of amides is 1. The first-order chi connectivity index (χ1) is 12.1. The van der Waals surface area contributed by atoms with Crippen LogP contribution in [0.1, 0.15) is 41.2 Å². The zero-order valence-corrected chi connectivity index (χ0v) is 17.5. The molecule has 1 saturated heterocycles. The van der Waals surface area contributed by atoms with Gasteiger partial charge in [0.15, 0.2) is 0 Å². The van der Waals surface area contributed by atoms with E-state index in [2.05, 4.69) is 10.0 Å².